The highest BCUT2D eigenvalue weighted by Gasteiger charge is 2.43. The lowest BCUT2D eigenvalue weighted by molar-refractivity contribution is -0.142. The molecule has 0 aromatic carbocycles. The number of carbonyl (C=O) groups excluding carboxylic acids is 1. The summed E-state index contributed by atoms with van der Waals surface area (Å²) in [6.45, 7) is 7.38. The lowest BCUT2D eigenvalue weighted by Crippen LogP contribution is -2.50. The van der Waals surface area contributed by atoms with Crippen molar-refractivity contribution < 1.29 is 14.7 Å². The zero-order valence-corrected chi connectivity index (χ0v) is 11.3. The van der Waals surface area contributed by atoms with E-state index in [0.717, 1.165) is 19.4 Å². The van der Waals surface area contributed by atoms with Crippen molar-refractivity contribution in [2.24, 2.45) is 11.8 Å². The Morgan fingerprint density at radius 1 is 1.17 bits per heavy atom. The molecule has 102 valence electrons. The van der Waals surface area contributed by atoms with E-state index in [1.54, 1.807) is 4.90 Å². The first-order valence-electron chi connectivity index (χ1n) is 6.71. The van der Waals surface area contributed by atoms with Crippen LogP contribution in [0.15, 0.2) is 0 Å². The van der Waals surface area contributed by atoms with Crippen LogP contribution in [0.5, 0.6) is 0 Å². The fraction of sp³-hybridized carbons (Fsp3) is 0.846. The zero-order chi connectivity index (χ0) is 13.4. The van der Waals surface area contributed by atoms with Crippen molar-refractivity contribution in [2.75, 3.05) is 13.1 Å². The average Bonchev–Trinajstić information content (AvgIpc) is 2.80. The number of rotatable bonds is 1. The molecular weight excluding hydrogens is 232 g/mol. The van der Waals surface area contributed by atoms with Crippen molar-refractivity contribution in [3.8, 4) is 0 Å². The molecule has 4 atom stereocenters. The highest BCUT2D eigenvalue weighted by Crippen LogP contribution is 2.29. The van der Waals surface area contributed by atoms with Gasteiger partial charge < -0.3 is 14.9 Å². The number of amides is 2. The Hall–Kier alpha value is -1.26. The predicted molar refractivity (Wildman–Crippen MR) is 67.3 cm³/mol. The SMILES string of the molecule is CC1CC(C)N(C(=O)N2CCC(C)C2C(=O)O)C1. The number of nitrogens with zero attached hydrogens (tertiary/aromatic N) is 2. The minimum absolute atomic E-state index is 0.0433. The van der Waals surface area contributed by atoms with Crippen LogP contribution in [0.2, 0.25) is 0 Å². The summed E-state index contributed by atoms with van der Waals surface area (Å²) in [5.74, 6) is -0.331. The number of carboxylic acids is 1. The first kappa shape index (κ1) is 13.2. The molecular formula is C13H22N2O3. The molecule has 18 heavy (non-hydrogen) atoms. The first-order valence-corrected chi connectivity index (χ1v) is 6.71. The van der Waals surface area contributed by atoms with Gasteiger partial charge in [-0.25, -0.2) is 9.59 Å². The van der Waals surface area contributed by atoms with Gasteiger partial charge >= 0.3 is 12.0 Å². The fourth-order valence-corrected chi connectivity index (χ4v) is 3.27. The summed E-state index contributed by atoms with van der Waals surface area (Å²) < 4.78 is 0. The standard InChI is InChI=1S/C13H22N2O3/c1-8-6-10(3)15(7-8)13(18)14-5-4-9(2)11(14)12(16)17/h8-11H,4-7H2,1-3H3,(H,16,17). The van der Waals surface area contributed by atoms with Crippen molar-refractivity contribution >= 4 is 12.0 Å². The van der Waals surface area contributed by atoms with E-state index in [9.17, 15) is 14.7 Å². The molecule has 0 spiro atoms. The van der Waals surface area contributed by atoms with E-state index in [-0.39, 0.29) is 18.0 Å². The third kappa shape index (κ3) is 2.18. The molecule has 2 saturated heterocycles. The summed E-state index contributed by atoms with van der Waals surface area (Å²) in [5.41, 5.74) is 0. The molecule has 2 amide bonds. The number of carboxylic acid groups (broad SMARTS) is 1. The Kier molecular flexibility index (Phi) is 3.50. The Morgan fingerprint density at radius 2 is 1.83 bits per heavy atom. The Balaban J connectivity index is 2.11. The van der Waals surface area contributed by atoms with Crippen LogP contribution >= 0.6 is 0 Å². The molecule has 2 aliphatic rings. The van der Waals surface area contributed by atoms with Crippen LogP contribution in [-0.2, 0) is 4.79 Å². The topological polar surface area (TPSA) is 60.9 Å². The largest absolute Gasteiger partial charge is 0.480 e. The highest BCUT2D eigenvalue weighted by molar-refractivity contribution is 5.84. The van der Waals surface area contributed by atoms with Crippen LogP contribution in [0.25, 0.3) is 0 Å². The van der Waals surface area contributed by atoms with E-state index in [4.69, 9.17) is 0 Å². The molecule has 2 fully saturated rings. The summed E-state index contributed by atoms with van der Waals surface area (Å²) in [7, 11) is 0. The van der Waals surface area contributed by atoms with Gasteiger partial charge in [-0.15, -0.1) is 0 Å². The first-order chi connectivity index (χ1) is 8.41. The second kappa shape index (κ2) is 4.78. The number of likely N-dealkylation sites (tertiary alicyclic amines) is 2. The molecule has 0 aromatic heterocycles. The second-order valence-corrected chi connectivity index (χ2v) is 5.87. The summed E-state index contributed by atoms with van der Waals surface area (Å²) >= 11 is 0. The Labute approximate surface area is 108 Å². The zero-order valence-electron chi connectivity index (χ0n) is 11.3. The van der Waals surface area contributed by atoms with Gasteiger partial charge in [-0.05, 0) is 31.6 Å². The summed E-state index contributed by atoms with van der Waals surface area (Å²) in [6, 6.07) is -0.526. The molecule has 2 heterocycles. The van der Waals surface area contributed by atoms with Crippen LogP contribution < -0.4 is 0 Å². The molecule has 0 aromatic rings. The van der Waals surface area contributed by atoms with Crippen LogP contribution in [-0.4, -0.2) is 52.1 Å². The normalized spacial score (nSPS) is 36.2. The molecule has 0 bridgehead atoms. The van der Waals surface area contributed by atoms with Crippen LogP contribution in [0.1, 0.15) is 33.6 Å². The molecule has 2 aliphatic heterocycles. The van der Waals surface area contributed by atoms with Gasteiger partial charge in [-0.3, -0.25) is 0 Å². The molecule has 1 N–H and O–H groups in total. The van der Waals surface area contributed by atoms with Gasteiger partial charge in [0.15, 0.2) is 0 Å². The molecule has 4 unspecified atom stereocenters. The van der Waals surface area contributed by atoms with Crippen molar-refractivity contribution in [3.63, 3.8) is 0 Å². The Morgan fingerprint density at radius 3 is 2.33 bits per heavy atom. The number of hydrogen-bond donors (Lipinski definition) is 1. The van der Waals surface area contributed by atoms with Gasteiger partial charge in [0.05, 0.1) is 0 Å². The van der Waals surface area contributed by atoms with Crippen LogP contribution in [0.4, 0.5) is 4.79 Å². The van der Waals surface area contributed by atoms with Crippen LogP contribution in [0, 0.1) is 11.8 Å². The lowest BCUT2D eigenvalue weighted by Gasteiger charge is -2.31. The lowest BCUT2D eigenvalue weighted by atomic mass is 10.0. The molecule has 0 aliphatic carbocycles. The van der Waals surface area contributed by atoms with Crippen molar-refractivity contribution in [1.29, 1.82) is 0 Å². The monoisotopic (exact) mass is 254 g/mol. The number of carbonyl (C=O) groups is 2. The van der Waals surface area contributed by atoms with Gasteiger partial charge in [0.25, 0.3) is 0 Å². The minimum atomic E-state index is -0.881. The summed E-state index contributed by atoms with van der Waals surface area (Å²) in [4.78, 5) is 27.1. The average molecular weight is 254 g/mol. The third-order valence-electron chi connectivity index (χ3n) is 4.23. The second-order valence-electron chi connectivity index (χ2n) is 5.87. The molecule has 2 rings (SSSR count). The van der Waals surface area contributed by atoms with Crippen LogP contribution in [0.3, 0.4) is 0 Å². The van der Waals surface area contributed by atoms with Gasteiger partial charge in [0.2, 0.25) is 0 Å². The summed E-state index contributed by atoms with van der Waals surface area (Å²) in [5, 5.41) is 9.25. The summed E-state index contributed by atoms with van der Waals surface area (Å²) in [6.07, 6.45) is 1.79. The van der Waals surface area contributed by atoms with Crippen molar-refractivity contribution in [3.05, 3.63) is 0 Å². The van der Waals surface area contributed by atoms with E-state index < -0.39 is 12.0 Å². The Bertz CT molecular complexity index is 358. The quantitative estimate of drug-likeness (QED) is 0.773. The van der Waals surface area contributed by atoms with Crippen molar-refractivity contribution in [1.82, 2.24) is 9.80 Å². The number of aliphatic carboxylic acids is 1. The van der Waals surface area contributed by atoms with E-state index in [1.807, 2.05) is 18.7 Å². The maximum absolute atomic E-state index is 12.5. The van der Waals surface area contributed by atoms with Gasteiger partial charge in [0.1, 0.15) is 6.04 Å². The minimum Gasteiger partial charge on any atom is -0.480 e. The van der Waals surface area contributed by atoms with E-state index in [2.05, 4.69) is 6.92 Å². The maximum Gasteiger partial charge on any atom is 0.326 e. The smallest absolute Gasteiger partial charge is 0.326 e. The van der Waals surface area contributed by atoms with E-state index in [0.29, 0.717) is 12.5 Å². The molecule has 0 radical (unpaired) electrons. The van der Waals surface area contributed by atoms with E-state index in [1.165, 1.54) is 0 Å². The maximum atomic E-state index is 12.5. The van der Waals surface area contributed by atoms with Gasteiger partial charge in [0, 0.05) is 19.1 Å². The van der Waals surface area contributed by atoms with E-state index >= 15 is 0 Å². The molecule has 5 nitrogen and oxygen atoms in total. The third-order valence-corrected chi connectivity index (χ3v) is 4.23. The predicted octanol–water partition coefficient (Wildman–Crippen LogP) is 1.63. The fourth-order valence-electron chi connectivity index (χ4n) is 3.27. The molecule has 5 heteroatoms. The number of hydrogen-bond acceptors (Lipinski definition) is 2. The van der Waals surface area contributed by atoms with Gasteiger partial charge in [-0.2, -0.15) is 0 Å². The van der Waals surface area contributed by atoms with Crippen molar-refractivity contribution in [2.45, 2.75) is 45.7 Å². The highest BCUT2D eigenvalue weighted by atomic mass is 16.4. The molecule has 0 saturated carbocycles. The van der Waals surface area contributed by atoms with Gasteiger partial charge in [-0.1, -0.05) is 13.8 Å². The number of urea groups is 1.